The van der Waals surface area contributed by atoms with Gasteiger partial charge in [0.25, 0.3) is 0 Å². The van der Waals surface area contributed by atoms with Gasteiger partial charge in [0.15, 0.2) is 5.78 Å². The van der Waals surface area contributed by atoms with Crippen molar-refractivity contribution >= 4 is 62.6 Å². The number of ether oxygens (including phenoxy) is 2. The van der Waals surface area contributed by atoms with Crippen molar-refractivity contribution in [1.29, 1.82) is 0 Å². The van der Waals surface area contributed by atoms with E-state index in [2.05, 4.69) is 50.5 Å². The molecule has 36 heavy (non-hydrogen) atoms. The smallest absolute Gasteiger partial charge is 0.336 e. The minimum Gasteiger partial charge on any atom is -0.487 e. The number of allylic oxidation sites excluding steroid dienone is 2. The highest BCUT2D eigenvalue weighted by atomic mass is 127. The lowest BCUT2D eigenvalue weighted by molar-refractivity contribution is -0.136. The van der Waals surface area contributed by atoms with Crippen LogP contribution in [-0.2, 0) is 16.1 Å². The summed E-state index contributed by atoms with van der Waals surface area (Å²) in [6, 6.07) is 17.7. The van der Waals surface area contributed by atoms with Crippen molar-refractivity contribution < 1.29 is 23.5 Å². The molecule has 0 bridgehead atoms. The number of rotatable bonds is 5. The van der Waals surface area contributed by atoms with Crippen molar-refractivity contribution in [2.24, 2.45) is 0 Å². The van der Waals surface area contributed by atoms with Crippen molar-refractivity contribution in [1.82, 2.24) is 5.32 Å². The zero-order chi connectivity index (χ0) is 25.6. The van der Waals surface area contributed by atoms with Gasteiger partial charge in [-0.15, -0.1) is 0 Å². The minimum atomic E-state index is -0.615. The van der Waals surface area contributed by atoms with E-state index in [0.717, 1.165) is 24.0 Å². The molecule has 8 heteroatoms. The minimum absolute atomic E-state index is 0.0842. The monoisotopic (exact) mass is 707 g/mol. The number of halogens is 3. The number of Topliss-reactive ketones (excluding diaryl/α,β-unsaturated/α-hetero) is 1. The predicted octanol–water partition coefficient (Wildman–Crippen LogP) is 6.36. The van der Waals surface area contributed by atoms with Gasteiger partial charge in [-0.2, -0.15) is 0 Å². The van der Waals surface area contributed by atoms with Crippen LogP contribution >= 0.6 is 45.2 Å². The number of esters is 1. The van der Waals surface area contributed by atoms with Crippen LogP contribution in [0.1, 0.15) is 39.9 Å². The Morgan fingerprint density at radius 3 is 2.33 bits per heavy atom. The third-order valence-electron chi connectivity index (χ3n) is 6.34. The lowest BCUT2D eigenvalue weighted by atomic mass is 9.80. The maximum atomic E-state index is 14.1. The molecular weight excluding hydrogens is 687 g/mol. The van der Waals surface area contributed by atoms with E-state index in [4.69, 9.17) is 9.47 Å². The van der Waals surface area contributed by atoms with E-state index < -0.39 is 11.9 Å². The van der Waals surface area contributed by atoms with Crippen LogP contribution in [0.5, 0.6) is 5.75 Å². The zero-order valence-corrected chi connectivity index (χ0v) is 23.6. The second-order valence-corrected chi connectivity index (χ2v) is 10.8. The summed E-state index contributed by atoms with van der Waals surface area (Å²) in [6.07, 6.45) is 0. The lowest BCUT2D eigenvalue weighted by Crippen LogP contribution is -2.29. The fourth-order valence-electron chi connectivity index (χ4n) is 4.69. The average Bonchev–Trinajstić information content (AvgIpc) is 3.14. The Bertz CT molecular complexity index is 1470. The SMILES string of the molecule is COC(=O)C1=C(C)NC2=C(C(=O)c3ccccc32)[C@@H]1c1cc(I)c(OCc2ccccc2F)c(I)c1. The Kier molecular flexibility index (Phi) is 6.90. The summed E-state index contributed by atoms with van der Waals surface area (Å²) >= 11 is 4.34. The number of hydrogen-bond donors (Lipinski definition) is 1. The average molecular weight is 707 g/mol. The fourth-order valence-corrected chi connectivity index (χ4v) is 6.82. The van der Waals surface area contributed by atoms with Gasteiger partial charge in [0, 0.05) is 33.9 Å². The van der Waals surface area contributed by atoms with E-state index in [-0.39, 0.29) is 18.2 Å². The second kappa shape index (κ2) is 9.97. The molecule has 0 saturated carbocycles. The number of dihydropyridines is 1. The maximum absolute atomic E-state index is 14.1. The van der Waals surface area contributed by atoms with Gasteiger partial charge in [-0.05, 0) is 75.9 Å². The number of nitrogens with one attached hydrogen (secondary N) is 1. The van der Waals surface area contributed by atoms with E-state index in [9.17, 15) is 14.0 Å². The van der Waals surface area contributed by atoms with Gasteiger partial charge in [-0.1, -0.05) is 42.5 Å². The van der Waals surface area contributed by atoms with E-state index in [0.29, 0.717) is 33.7 Å². The Hall–Kier alpha value is -2.73. The van der Waals surface area contributed by atoms with Crippen molar-refractivity contribution in [3.05, 3.63) is 113 Å². The molecular formula is C28H20FI2NO4. The van der Waals surface area contributed by atoms with E-state index in [1.165, 1.54) is 13.2 Å². The quantitative estimate of drug-likeness (QED) is 0.248. The fraction of sp³-hybridized carbons (Fsp3) is 0.143. The zero-order valence-electron chi connectivity index (χ0n) is 19.3. The van der Waals surface area contributed by atoms with Gasteiger partial charge < -0.3 is 14.8 Å². The maximum Gasteiger partial charge on any atom is 0.336 e. The number of ketones is 1. The number of carbonyl (C=O) groups excluding carboxylic acids is 2. The molecule has 0 spiro atoms. The van der Waals surface area contributed by atoms with Crippen LogP contribution in [0.2, 0.25) is 0 Å². The molecule has 182 valence electrons. The van der Waals surface area contributed by atoms with Gasteiger partial charge >= 0.3 is 5.97 Å². The molecule has 1 aliphatic heterocycles. The highest BCUT2D eigenvalue weighted by molar-refractivity contribution is 14.1. The summed E-state index contributed by atoms with van der Waals surface area (Å²) in [7, 11) is 1.34. The van der Waals surface area contributed by atoms with Crippen LogP contribution in [0, 0.1) is 13.0 Å². The summed E-state index contributed by atoms with van der Waals surface area (Å²) in [5, 5.41) is 3.29. The van der Waals surface area contributed by atoms with Crippen molar-refractivity contribution in [2.75, 3.05) is 7.11 Å². The first kappa shape index (κ1) is 24.9. The lowest BCUT2D eigenvalue weighted by Gasteiger charge is -2.29. The van der Waals surface area contributed by atoms with Crippen molar-refractivity contribution in [3.63, 3.8) is 0 Å². The normalized spacial score (nSPS) is 16.5. The highest BCUT2D eigenvalue weighted by Crippen LogP contribution is 2.48. The number of methoxy groups -OCH3 is 1. The van der Waals surface area contributed by atoms with Gasteiger partial charge in [-0.3, -0.25) is 4.79 Å². The third-order valence-corrected chi connectivity index (χ3v) is 7.94. The molecule has 3 aromatic carbocycles. The van der Waals surface area contributed by atoms with E-state index >= 15 is 0 Å². The number of hydrogen-bond acceptors (Lipinski definition) is 5. The molecule has 2 aliphatic rings. The van der Waals surface area contributed by atoms with Gasteiger partial charge in [0.05, 0.1) is 25.5 Å². The van der Waals surface area contributed by atoms with E-state index in [1.54, 1.807) is 24.3 Å². The Balaban J connectivity index is 1.59. The summed E-state index contributed by atoms with van der Waals surface area (Å²) in [4.78, 5) is 26.5. The summed E-state index contributed by atoms with van der Waals surface area (Å²) in [5.41, 5.74) is 4.93. The molecule has 0 fully saturated rings. The summed E-state index contributed by atoms with van der Waals surface area (Å²) in [6.45, 7) is 1.90. The second-order valence-electron chi connectivity index (χ2n) is 8.45. The first-order chi connectivity index (χ1) is 17.3. The van der Waals surface area contributed by atoms with Crippen LogP contribution in [0.25, 0.3) is 5.70 Å². The van der Waals surface area contributed by atoms with Gasteiger partial charge in [0.2, 0.25) is 0 Å². The molecule has 0 radical (unpaired) electrons. The molecule has 1 atom stereocenters. The first-order valence-electron chi connectivity index (χ1n) is 11.1. The van der Waals surface area contributed by atoms with Crippen LogP contribution in [0.4, 0.5) is 4.39 Å². The van der Waals surface area contributed by atoms with Crippen LogP contribution in [0.15, 0.2) is 77.5 Å². The Morgan fingerprint density at radius 1 is 1.03 bits per heavy atom. The molecule has 0 amide bonds. The third kappa shape index (κ3) is 4.23. The number of benzene rings is 3. The molecule has 5 rings (SSSR count). The van der Waals surface area contributed by atoms with Crippen LogP contribution in [-0.4, -0.2) is 18.9 Å². The Morgan fingerprint density at radius 2 is 1.67 bits per heavy atom. The van der Waals surface area contributed by atoms with Gasteiger partial charge in [-0.25, -0.2) is 9.18 Å². The highest BCUT2D eigenvalue weighted by Gasteiger charge is 2.43. The molecule has 1 aliphatic carbocycles. The molecule has 1 heterocycles. The Labute approximate surface area is 235 Å². The van der Waals surface area contributed by atoms with Crippen molar-refractivity contribution in [3.8, 4) is 5.75 Å². The standard InChI is InChI=1S/C28H20FI2NO4/c1-14-22(28(34)35-2)23(24-25(32-14)17-8-4-5-9-18(17)26(24)33)16-11-20(30)27(21(31)12-16)36-13-15-7-3-6-10-19(15)29/h3-12,23,32H,13H2,1-2H3/t23-/m1/s1. The van der Waals surface area contributed by atoms with Crippen LogP contribution < -0.4 is 10.1 Å². The largest absolute Gasteiger partial charge is 0.487 e. The topological polar surface area (TPSA) is 64.6 Å². The molecule has 1 N–H and O–H groups in total. The summed E-state index contributed by atoms with van der Waals surface area (Å²) < 4.78 is 26.8. The van der Waals surface area contributed by atoms with Crippen LogP contribution in [0.3, 0.4) is 0 Å². The van der Waals surface area contributed by atoms with Crippen molar-refractivity contribution in [2.45, 2.75) is 19.4 Å². The number of carbonyl (C=O) groups is 2. The molecule has 0 aromatic heterocycles. The first-order valence-corrected chi connectivity index (χ1v) is 13.3. The molecule has 0 saturated heterocycles. The predicted molar refractivity (Wildman–Crippen MR) is 151 cm³/mol. The van der Waals surface area contributed by atoms with E-state index in [1.807, 2.05) is 37.3 Å². The van der Waals surface area contributed by atoms with Gasteiger partial charge in [0.1, 0.15) is 18.2 Å². The number of fused-ring (bicyclic) bond motifs is 2. The molecule has 3 aromatic rings. The molecule has 0 unspecified atom stereocenters. The molecule has 5 nitrogen and oxygen atoms in total. The summed E-state index contributed by atoms with van der Waals surface area (Å²) in [5.74, 6) is -0.929.